The Morgan fingerprint density at radius 1 is 1.10 bits per heavy atom. The van der Waals surface area contributed by atoms with Crippen LogP contribution in [-0.4, -0.2) is 21.1 Å². The van der Waals surface area contributed by atoms with Gasteiger partial charge in [0.1, 0.15) is 5.69 Å². The minimum Gasteiger partial charge on any atom is -0.298 e. The monoisotopic (exact) mass is 277 g/mol. The summed E-state index contributed by atoms with van der Waals surface area (Å²) in [6.07, 6.45) is 6.00. The van der Waals surface area contributed by atoms with Crippen molar-refractivity contribution in [1.82, 2.24) is 14.8 Å². The molecular weight excluding hydrogens is 262 g/mol. The SMILES string of the molecule is Cc1ccc(C)c(-n2cc(C=O)c(-c3ccncc3)n2)c1. The lowest BCUT2D eigenvalue weighted by molar-refractivity contribution is 0.112. The van der Waals surface area contributed by atoms with Crippen molar-refractivity contribution in [3.8, 4) is 16.9 Å². The Morgan fingerprint density at radius 2 is 1.86 bits per heavy atom. The van der Waals surface area contributed by atoms with E-state index in [-0.39, 0.29) is 0 Å². The van der Waals surface area contributed by atoms with Crippen LogP contribution in [0.25, 0.3) is 16.9 Å². The van der Waals surface area contributed by atoms with Crippen LogP contribution in [-0.2, 0) is 0 Å². The molecule has 1 aromatic carbocycles. The van der Waals surface area contributed by atoms with E-state index in [0.29, 0.717) is 11.3 Å². The van der Waals surface area contributed by atoms with Gasteiger partial charge in [-0.05, 0) is 43.2 Å². The first-order valence-corrected chi connectivity index (χ1v) is 6.72. The second-order valence-electron chi connectivity index (χ2n) is 5.02. The van der Waals surface area contributed by atoms with Crippen LogP contribution < -0.4 is 0 Å². The van der Waals surface area contributed by atoms with Crippen molar-refractivity contribution in [3.63, 3.8) is 0 Å². The molecule has 104 valence electrons. The molecule has 0 fully saturated rings. The number of benzene rings is 1. The van der Waals surface area contributed by atoms with Gasteiger partial charge in [0.05, 0.1) is 11.3 Å². The van der Waals surface area contributed by atoms with E-state index in [1.165, 1.54) is 0 Å². The van der Waals surface area contributed by atoms with Gasteiger partial charge >= 0.3 is 0 Å². The third kappa shape index (κ3) is 2.48. The first-order valence-electron chi connectivity index (χ1n) is 6.72. The van der Waals surface area contributed by atoms with E-state index < -0.39 is 0 Å². The second kappa shape index (κ2) is 5.32. The summed E-state index contributed by atoms with van der Waals surface area (Å²) >= 11 is 0. The Balaban J connectivity index is 2.16. The lowest BCUT2D eigenvalue weighted by Gasteiger charge is -2.06. The number of carbonyl (C=O) groups excluding carboxylic acids is 1. The van der Waals surface area contributed by atoms with Gasteiger partial charge < -0.3 is 0 Å². The fraction of sp³-hybridized carbons (Fsp3) is 0.118. The number of rotatable bonds is 3. The number of pyridine rings is 1. The Kier molecular flexibility index (Phi) is 3.36. The number of aromatic nitrogens is 3. The Hall–Kier alpha value is -2.75. The van der Waals surface area contributed by atoms with Crippen LogP contribution in [0.1, 0.15) is 21.5 Å². The Morgan fingerprint density at radius 3 is 2.57 bits per heavy atom. The summed E-state index contributed by atoms with van der Waals surface area (Å²) in [4.78, 5) is 15.3. The minimum atomic E-state index is 0.571. The molecule has 3 rings (SSSR count). The fourth-order valence-corrected chi connectivity index (χ4v) is 2.30. The summed E-state index contributed by atoms with van der Waals surface area (Å²) in [5, 5.41) is 4.58. The molecule has 21 heavy (non-hydrogen) atoms. The van der Waals surface area contributed by atoms with E-state index in [2.05, 4.69) is 28.3 Å². The zero-order valence-electron chi connectivity index (χ0n) is 11.9. The van der Waals surface area contributed by atoms with E-state index >= 15 is 0 Å². The van der Waals surface area contributed by atoms with Crippen molar-refractivity contribution in [2.75, 3.05) is 0 Å². The molecule has 0 spiro atoms. The highest BCUT2D eigenvalue weighted by Gasteiger charge is 2.12. The van der Waals surface area contributed by atoms with Crippen LogP contribution >= 0.6 is 0 Å². The zero-order valence-corrected chi connectivity index (χ0v) is 11.9. The average Bonchev–Trinajstić information content (AvgIpc) is 2.94. The summed E-state index contributed by atoms with van der Waals surface area (Å²) in [5.41, 5.74) is 5.39. The smallest absolute Gasteiger partial charge is 0.153 e. The average molecular weight is 277 g/mol. The first kappa shape index (κ1) is 13.2. The highest BCUT2D eigenvalue weighted by atomic mass is 16.1. The number of aldehydes is 1. The Bertz CT molecular complexity index is 791. The van der Waals surface area contributed by atoms with Gasteiger partial charge in [0.25, 0.3) is 0 Å². The van der Waals surface area contributed by atoms with Crippen molar-refractivity contribution >= 4 is 6.29 Å². The van der Waals surface area contributed by atoms with Gasteiger partial charge in [-0.15, -0.1) is 0 Å². The topological polar surface area (TPSA) is 47.8 Å². The maximum atomic E-state index is 11.3. The standard InChI is InChI=1S/C17H15N3O/c1-12-3-4-13(2)16(9-12)20-10-15(11-21)17(19-20)14-5-7-18-8-6-14/h3-11H,1-2H3. The lowest BCUT2D eigenvalue weighted by atomic mass is 10.1. The van der Waals surface area contributed by atoms with Crippen LogP contribution in [0.4, 0.5) is 0 Å². The molecule has 0 saturated heterocycles. The lowest BCUT2D eigenvalue weighted by Crippen LogP contribution is -1.98. The Labute approximate surface area is 123 Å². The van der Waals surface area contributed by atoms with Crippen LogP contribution in [0.2, 0.25) is 0 Å². The predicted octanol–water partition coefficient (Wildman–Crippen LogP) is 3.36. The molecule has 0 saturated carbocycles. The molecule has 2 heterocycles. The second-order valence-corrected chi connectivity index (χ2v) is 5.02. The zero-order chi connectivity index (χ0) is 14.8. The van der Waals surface area contributed by atoms with Crippen molar-refractivity contribution in [2.24, 2.45) is 0 Å². The number of hydrogen-bond donors (Lipinski definition) is 0. The molecule has 0 amide bonds. The van der Waals surface area contributed by atoms with Gasteiger partial charge in [-0.1, -0.05) is 12.1 Å². The summed E-state index contributed by atoms with van der Waals surface area (Å²) in [7, 11) is 0. The maximum Gasteiger partial charge on any atom is 0.153 e. The van der Waals surface area contributed by atoms with E-state index in [0.717, 1.165) is 28.7 Å². The van der Waals surface area contributed by atoms with Gasteiger partial charge in [0, 0.05) is 24.2 Å². The van der Waals surface area contributed by atoms with Gasteiger partial charge in [0.15, 0.2) is 6.29 Å². The summed E-state index contributed by atoms with van der Waals surface area (Å²) in [5.74, 6) is 0. The summed E-state index contributed by atoms with van der Waals surface area (Å²) in [6.45, 7) is 4.07. The largest absolute Gasteiger partial charge is 0.298 e. The molecule has 3 aromatic rings. The molecule has 0 bridgehead atoms. The molecule has 0 aliphatic carbocycles. The van der Waals surface area contributed by atoms with Crippen molar-refractivity contribution in [3.05, 3.63) is 65.6 Å². The molecule has 0 aliphatic heterocycles. The van der Waals surface area contributed by atoms with Crippen LogP contribution in [0, 0.1) is 13.8 Å². The number of nitrogens with zero attached hydrogens (tertiary/aromatic N) is 3. The summed E-state index contributed by atoms with van der Waals surface area (Å²) < 4.78 is 1.77. The normalized spacial score (nSPS) is 10.6. The fourth-order valence-electron chi connectivity index (χ4n) is 2.30. The van der Waals surface area contributed by atoms with E-state index in [1.54, 1.807) is 23.3 Å². The van der Waals surface area contributed by atoms with E-state index in [4.69, 9.17) is 0 Å². The molecule has 4 heteroatoms. The molecule has 2 aromatic heterocycles. The molecule has 0 radical (unpaired) electrons. The van der Waals surface area contributed by atoms with Gasteiger partial charge in [-0.25, -0.2) is 4.68 Å². The van der Waals surface area contributed by atoms with E-state index in [1.807, 2.05) is 26.0 Å². The van der Waals surface area contributed by atoms with Crippen LogP contribution in [0.15, 0.2) is 48.9 Å². The third-order valence-corrected chi connectivity index (χ3v) is 3.43. The number of hydrogen-bond acceptors (Lipinski definition) is 3. The highest BCUT2D eigenvalue weighted by Crippen LogP contribution is 2.23. The molecule has 0 N–H and O–H groups in total. The van der Waals surface area contributed by atoms with Crippen LogP contribution in [0.3, 0.4) is 0 Å². The molecule has 4 nitrogen and oxygen atoms in total. The first-order chi connectivity index (χ1) is 10.2. The highest BCUT2D eigenvalue weighted by molar-refractivity contribution is 5.85. The van der Waals surface area contributed by atoms with Gasteiger partial charge in [0.2, 0.25) is 0 Å². The van der Waals surface area contributed by atoms with Crippen molar-refractivity contribution in [1.29, 1.82) is 0 Å². The van der Waals surface area contributed by atoms with Crippen LogP contribution in [0.5, 0.6) is 0 Å². The van der Waals surface area contributed by atoms with Gasteiger partial charge in [-0.3, -0.25) is 9.78 Å². The molecule has 0 unspecified atom stereocenters. The quantitative estimate of drug-likeness (QED) is 0.690. The maximum absolute atomic E-state index is 11.3. The third-order valence-electron chi connectivity index (χ3n) is 3.43. The van der Waals surface area contributed by atoms with Crippen molar-refractivity contribution in [2.45, 2.75) is 13.8 Å². The number of aryl methyl sites for hydroxylation is 2. The predicted molar refractivity (Wildman–Crippen MR) is 81.7 cm³/mol. The van der Waals surface area contributed by atoms with Gasteiger partial charge in [-0.2, -0.15) is 5.10 Å². The number of carbonyl (C=O) groups is 1. The van der Waals surface area contributed by atoms with E-state index in [9.17, 15) is 4.79 Å². The molecule has 0 atom stereocenters. The van der Waals surface area contributed by atoms with Crippen molar-refractivity contribution < 1.29 is 4.79 Å². The minimum absolute atomic E-state index is 0.571. The summed E-state index contributed by atoms with van der Waals surface area (Å²) in [6, 6.07) is 9.88. The molecule has 0 aliphatic rings. The molecular formula is C17H15N3O.